The molecule has 2 aromatic carbocycles. The second kappa shape index (κ2) is 8.04. The summed E-state index contributed by atoms with van der Waals surface area (Å²) < 4.78 is 10.9. The van der Waals surface area contributed by atoms with Crippen LogP contribution < -0.4 is 14.4 Å². The first-order valence-electron chi connectivity index (χ1n) is 10.3. The molecule has 1 atom stereocenters. The van der Waals surface area contributed by atoms with E-state index in [1.807, 2.05) is 18.2 Å². The van der Waals surface area contributed by atoms with Crippen LogP contribution in [0, 0.1) is 5.41 Å². The first-order chi connectivity index (χ1) is 14.8. The average molecular weight is 440 g/mol. The minimum atomic E-state index is -0.354. The lowest BCUT2D eigenvalue weighted by molar-refractivity contribution is -0.121. The number of methoxy groups -OCH3 is 2. The van der Waals surface area contributed by atoms with E-state index < -0.39 is 0 Å². The summed E-state index contributed by atoms with van der Waals surface area (Å²) in [6, 6.07) is 12.8. The van der Waals surface area contributed by atoms with Crippen molar-refractivity contribution >= 4 is 29.0 Å². The molecule has 1 heterocycles. The fraction of sp³-hybridized carbons (Fsp3) is 0.360. The van der Waals surface area contributed by atoms with E-state index in [2.05, 4.69) is 13.8 Å². The number of Topliss-reactive ketones (excluding diaryl/α,β-unsaturated/α-hetero) is 1. The number of ketones is 1. The Labute approximate surface area is 187 Å². The zero-order valence-corrected chi connectivity index (χ0v) is 19.0. The van der Waals surface area contributed by atoms with Gasteiger partial charge in [-0.25, -0.2) is 0 Å². The van der Waals surface area contributed by atoms with Gasteiger partial charge in [0.2, 0.25) is 5.91 Å². The first-order valence-corrected chi connectivity index (χ1v) is 10.7. The van der Waals surface area contributed by atoms with Crippen LogP contribution in [0.1, 0.15) is 44.6 Å². The summed E-state index contributed by atoms with van der Waals surface area (Å²) in [5.74, 6) is 0.775. The Hall–Kier alpha value is -2.79. The molecule has 162 valence electrons. The number of hydrogen-bond acceptors (Lipinski definition) is 4. The van der Waals surface area contributed by atoms with Crippen molar-refractivity contribution in [2.75, 3.05) is 19.1 Å². The molecule has 2 aromatic rings. The Balaban J connectivity index is 1.95. The fourth-order valence-electron chi connectivity index (χ4n) is 4.69. The van der Waals surface area contributed by atoms with Gasteiger partial charge in [0.15, 0.2) is 5.78 Å². The van der Waals surface area contributed by atoms with Crippen molar-refractivity contribution < 1.29 is 19.1 Å². The maximum atomic E-state index is 13.6. The van der Waals surface area contributed by atoms with Gasteiger partial charge in [0.05, 0.1) is 19.9 Å². The number of anilines is 1. The Bertz CT molecular complexity index is 1090. The first kappa shape index (κ1) is 21.4. The normalized spacial score (nSPS) is 20.5. The van der Waals surface area contributed by atoms with Crippen molar-refractivity contribution in [2.45, 2.75) is 39.0 Å². The molecule has 0 aromatic heterocycles. The van der Waals surface area contributed by atoms with Gasteiger partial charge in [-0.15, -0.1) is 0 Å². The fourth-order valence-corrected chi connectivity index (χ4v) is 4.96. The van der Waals surface area contributed by atoms with E-state index in [-0.39, 0.29) is 29.4 Å². The number of ether oxygens (including phenoxy) is 2. The Morgan fingerprint density at radius 1 is 1.03 bits per heavy atom. The number of carbonyl (C=O) groups is 2. The van der Waals surface area contributed by atoms with Crippen molar-refractivity contribution in [3.63, 3.8) is 0 Å². The van der Waals surface area contributed by atoms with Gasteiger partial charge in [-0.05, 0) is 35.6 Å². The molecule has 6 heteroatoms. The van der Waals surface area contributed by atoms with Crippen LogP contribution in [0.2, 0.25) is 5.02 Å². The van der Waals surface area contributed by atoms with E-state index in [1.165, 1.54) is 0 Å². The molecule has 0 fully saturated rings. The number of allylic oxidation sites excluding steroid dienone is 2. The van der Waals surface area contributed by atoms with Crippen LogP contribution in [0.15, 0.2) is 53.7 Å². The summed E-state index contributed by atoms with van der Waals surface area (Å²) in [4.78, 5) is 28.6. The summed E-state index contributed by atoms with van der Waals surface area (Å²) in [6.07, 6.45) is 1.19. The maximum Gasteiger partial charge on any atom is 0.232 e. The van der Waals surface area contributed by atoms with Crippen molar-refractivity contribution in [3.8, 4) is 11.5 Å². The molecule has 1 aliphatic carbocycles. The molecule has 0 N–H and O–H groups in total. The van der Waals surface area contributed by atoms with Gasteiger partial charge in [-0.1, -0.05) is 43.6 Å². The molecule has 0 saturated heterocycles. The molecular formula is C25H26ClNO4. The van der Waals surface area contributed by atoms with Crippen LogP contribution in [0.5, 0.6) is 11.5 Å². The highest BCUT2D eigenvalue weighted by Crippen LogP contribution is 2.50. The number of benzene rings is 2. The number of hydrogen-bond donors (Lipinski definition) is 0. The lowest BCUT2D eigenvalue weighted by atomic mass is 9.69. The Morgan fingerprint density at radius 2 is 1.77 bits per heavy atom. The van der Waals surface area contributed by atoms with Crippen molar-refractivity contribution in [1.82, 2.24) is 0 Å². The minimum Gasteiger partial charge on any atom is -0.497 e. The molecule has 0 bridgehead atoms. The van der Waals surface area contributed by atoms with Crippen LogP contribution >= 0.6 is 11.6 Å². The Kier molecular flexibility index (Phi) is 5.56. The molecular weight excluding hydrogens is 414 g/mol. The number of nitrogens with zero attached hydrogens (tertiary/aromatic N) is 1. The molecule has 4 rings (SSSR count). The van der Waals surface area contributed by atoms with Crippen LogP contribution in [-0.2, 0) is 9.59 Å². The predicted molar refractivity (Wildman–Crippen MR) is 121 cm³/mol. The summed E-state index contributed by atoms with van der Waals surface area (Å²) in [5.41, 5.74) is 2.55. The molecule has 0 saturated carbocycles. The summed E-state index contributed by atoms with van der Waals surface area (Å²) >= 11 is 6.49. The van der Waals surface area contributed by atoms with E-state index in [1.54, 1.807) is 43.4 Å². The lowest BCUT2D eigenvalue weighted by Gasteiger charge is -2.43. The van der Waals surface area contributed by atoms with Gasteiger partial charge in [0, 0.05) is 41.1 Å². The molecule has 2 aliphatic rings. The standard InChI is InChI=1S/C25H26ClNO4/c1-25(2)13-20-24(21(28)14-25)17(16-7-5-6-8-18(16)26)12-23(29)27(20)19-11-15(30-3)9-10-22(19)31-4/h5-11,17H,12-14H2,1-4H3. The minimum absolute atomic E-state index is 0.0653. The van der Waals surface area contributed by atoms with Crippen LogP contribution in [0.25, 0.3) is 0 Å². The SMILES string of the molecule is COc1ccc(OC)c(N2C(=O)CC(c3ccccc3Cl)C3=C2CC(C)(C)CC3=O)c1. The highest BCUT2D eigenvalue weighted by molar-refractivity contribution is 6.31. The molecule has 1 unspecified atom stereocenters. The van der Waals surface area contributed by atoms with Crippen molar-refractivity contribution in [1.29, 1.82) is 0 Å². The van der Waals surface area contributed by atoms with E-state index >= 15 is 0 Å². The smallest absolute Gasteiger partial charge is 0.232 e. The highest BCUT2D eigenvalue weighted by atomic mass is 35.5. The number of halogens is 1. The zero-order chi connectivity index (χ0) is 22.3. The molecule has 1 aliphatic heterocycles. The van der Waals surface area contributed by atoms with E-state index in [0.717, 1.165) is 11.3 Å². The summed E-state index contributed by atoms with van der Waals surface area (Å²) in [6.45, 7) is 4.11. The van der Waals surface area contributed by atoms with Crippen LogP contribution in [0.3, 0.4) is 0 Å². The average Bonchev–Trinajstić information content (AvgIpc) is 2.72. The Morgan fingerprint density at radius 3 is 2.45 bits per heavy atom. The monoisotopic (exact) mass is 439 g/mol. The van der Waals surface area contributed by atoms with Gasteiger partial charge in [0.1, 0.15) is 11.5 Å². The van der Waals surface area contributed by atoms with E-state index in [9.17, 15) is 9.59 Å². The number of amides is 1. The molecule has 0 spiro atoms. The van der Waals surface area contributed by atoms with Crippen molar-refractivity contribution in [3.05, 3.63) is 64.3 Å². The summed E-state index contributed by atoms with van der Waals surface area (Å²) in [7, 11) is 3.15. The third-order valence-corrected chi connectivity index (χ3v) is 6.39. The van der Waals surface area contributed by atoms with E-state index in [4.69, 9.17) is 21.1 Å². The topological polar surface area (TPSA) is 55.8 Å². The van der Waals surface area contributed by atoms with Crippen LogP contribution in [0.4, 0.5) is 5.69 Å². The maximum absolute atomic E-state index is 13.6. The molecule has 0 radical (unpaired) electrons. The lowest BCUT2D eigenvalue weighted by Crippen LogP contribution is -2.44. The van der Waals surface area contributed by atoms with Gasteiger partial charge in [-0.2, -0.15) is 0 Å². The largest absolute Gasteiger partial charge is 0.497 e. The zero-order valence-electron chi connectivity index (χ0n) is 18.2. The number of rotatable bonds is 4. The second-order valence-corrected chi connectivity index (χ2v) is 9.25. The molecule has 1 amide bonds. The third-order valence-electron chi connectivity index (χ3n) is 6.05. The summed E-state index contributed by atoms with van der Waals surface area (Å²) in [5, 5.41) is 0.567. The van der Waals surface area contributed by atoms with Gasteiger partial charge in [0.25, 0.3) is 0 Å². The van der Waals surface area contributed by atoms with Gasteiger partial charge < -0.3 is 9.47 Å². The predicted octanol–water partition coefficient (Wildman–Crippen LogP) is 5.52. The van der Waals surface area contributed by atoms with Crippen LogP contribution in [-0.4, -0.2) is 25.9 Å². The highest BCUT2D eigenvalue weighted by Gasteiger charge is 2.45. The van der Waals surface area contributed by atoms with Gasteiger partial charge in [-0.3, -0.25) is 14.5 Å². The molecule has 5 nitrogen and oxygen atoms in total. The number of carbonyl (C=O) groups excluding carboxylic acids is 2. The van der Waals surface area contributed by atoms with Crippen molar-refractivity contribution in [2.24, 2.45) is 5.41 Å². The van der Waals surface area contributed by atoms with Gasteiger partial charge >= 0.3 is 0 Å². The molecule has 31 heavy (non-hydrogen) atoms. The third kappa shape index (κ3) is 3.83. The quantitative estimate of drug-likeness (QED) is 0.629. The van der Waals surface area contributed by atoms with E-state index in [0.29, 0.717) is 40.6 Å². The second-order valence-electron chi connectivity index (χ2n) is 8.85.